The van der Waals surface area contributed by atoms with Crippen molar-refractivity contribution in [3.63, 3.8) is 0 Å². The van der Waals surface area contributed by atoms with Crippen LogP contribution in [0.1, 0.15) is 31.4 Å². The number of rotatable bonds is 13. The molecule has 206 valence electrons. The van der Waals surface area contributed by atoms with E-state index in [1.807, 2.05) is 37.3 Å². The molecule has 39 heavy (non-hydrogen) atoms. The molecule has 2 atom stereocenters. The number of carbonyl (C=O) groups excluding carboxylic acids is 2. The van der Waals surface area contributed by atoms with Crippen molar-refractivity contribution in [2.75, 3.05) is 13.7 Å². The smallest absolute Gasteiger partial charge is 0.262 e. The lowest BCUT2D eigenvalue weighted by atomic mass is 10.1. The Kier molecular flexibility index (Phi) is 11.5. The molecule has 2 N–H and O–H groups in total. The lowest BCUT2D eigenvalue weighted by molar-refractivity contribution is -0.132. The zero-order chi connectivity index (χ0) is 28.2. The fourth-order valence-electron chi connectivity index (χ4n) is 3.56. The van der Waals surface area contributed by atoms with E-state index < -0.39 is 24.0 Å². The Morgan fingerprint density at radius 3 is 2.46 bits per heavy atom. The molecule has 0 aliphatic carbocycles. The molecule has 0 spiro atoms. The molecular weight excluding hydrogens is 541 g/mol. The number of hydrogen-bond donors (Lipinski definition) is 2. The minimum atomic E-state index is -0.937. The van der Waals surface area contributed by atoms with Crippen molar-refractivity contribution in [2.45, 2.75) is 38.8 Å². The molecule has 0 radical (unpaired) electrons. The van der Waals surface area contributed by atoms with Crippen LogP contribution in [0.2, 0.25) is 10.0 Å². The average Bonchev–Trinajstić information content (AvgIpc) is 2.93. The van der Waals surface area contributed by atoms with Crippen molar-refractivity contribution < 1.29 is 23.8 Å². The van der Waals surface area contributed by atoms with Crippen molar-refractivity contribution in [3.8, 4) is 17.2 Å². The summed E-state index contributed by atoms with van der Waals surface area (Å²) in [7, 11) is 1.55. The molecule has 2 amide bonds. The Balaban J connectivity index is 1.73. The normalized spacial score (nSPS) is 12.4. The second-order valence-corrected chi connectivity index (χ2v) is 9.39. The molecule has 0 aromatic heterocycles. The summed E-state index contributed by atoms with van der Waals surface area (Å²) in [6, 6.07) is 18.5. The number of nitrogens with one attached hydrogen (secondary N) is 2. The minimum Gasteiger partial charge on any atom is -0.493 e. The van der Waals surface area contributed by atoms with Gasteiger partial charge in [0.15, 0.2) is 17.6 Å². The molecule has 3 aromatic rings. The van der Waals surface area contributed by atoms with Crippen molar-refractivity contribution in [1.29, 1.82) is 0 Å². The van der Waals surface area contributed by atoms with Crippen LogP contribution in [0.15, 0.2) is 71.8 Å². The number of para-hydroxylation sites is 1. The molecule has 0 saturated heterocycles. The summed E-state index contributed by atoms with van der Waals surface area (Å²) in [5.41, 5.74) is 4.02. The number of amides is 2. The van der Waals surface area contributed by atoms with Gasteiger partial charge in [0.2, 0.25) is 0 Å². The van der Waals surface area contributed by atoms with E-state index in [1.54, 1.807) is 44.4 Å². The summed E-state index contributed by atoms with van der Waals surface area (Å²) in [4.78, 5) is 26.1. The van der Waals surface area contributed by atoms with E-state index in [-0.39, 0.29) is 11.4 Å². The molecular formula is C29H31Cl2N3O5. The van der Waals surface area contributed by atoms with E-state index in [4.69, 9.17) is 37.4 Å². The fourth-order valence-corrected chi connectivity index (χ4v) is 4.01. The van der Waals surface area contributed by atoms with Crippen molar-refractivity contribution in [3.05, 3.63) is 87.9 Å². The van der Waals surface area contributed by atoms with Crippen molar-refractivity contribution >= 4 is 41.2 Å². The molecule has 3 rings (SSSR count). The SMILES string of the molecule is CCCOc1c(/C=N\NC(=O)[C@H](Cc2ccccc2)NC(=O)[C@H](C)Oc2ccc(Cl)cc2Cl)cccc1OC. The summed E-state index contributed by atoms with van der Waals surface area (Å²) in [5.74, 6) is 0.392. The van der Waals surface area contributed by atoms with Gasteiger partial charge in [-0.2, -0.15) is 5.10 Å². The Bertz CT molecular complexity index is 1290. The topological polar surface area (TPSA) is 98.2 Å². The molecule has 0 unspecified atom stereocenters. The maximum atomic E-state index is 13.2. The van der Waals surface area contributed by atoms with Crippen molar-refractivity contribution in [2.24, 2.45) is 5.10 Å². The Morgan fingerprint density at radius 2 is 1.77 bits per heavy atom. The number of benzene rings is 3. The van der Waals surface area contributed by atoms with E-state index in [9.17, 15) is 9.59 Å². The fraction of sp³-hybridized carbons (Fsp3) is 0.276. The van der Waals surface area contributed by atoms with Gasteiger partial charge in [-0.05, 0) is 49.2 Å². The van der Waals surface area contributed by atoms with Gasteiger partial charge in [0.1, 0.15) is 11.8 Å². The molecule has 10 heteroatoms. The Labute approximate surface area is 238 Å². The Hall–Kier alpha value is -3.75. The largest absolute Gasteiger partial charge is 0.493 e. The molecule has 0 aliphatic heterocycles. The number of hydrazone groups is 1. The summed E-state index contributed by atoms with van der Waals surface area (Å²) in [5, 5.41) is 7.59. The van der Waals surface area contributed by atoms with E-state index >= 15 is 0 Å². The highest BCUT2D eigenvalue weighted by atomic mass is 35.5. The summed E-state index contributed by atoms with van der Waals surface area (Å²) in [6.45, 7) is 4.07. The third kappa shape index (κ3) is 8.90. The van der Waals surface area contributed by atoms with Crippen LogP contribution < -0.4 is 25.0 Å². The van der Waals surface area contributed by atoms with Gasteiger partial charge in [-0.25, -0.2) is 5.43 Å². The predicted molar refractivity (Wildman–Crippen MR) is 153 cm³/mol. The predicted octanol–water partition coefficient (Wildman–Crippen LogP) is 5.44. The molecule has 8 nitrogen and oxygen atoms in total. The Morgan fingerprint density at radius 1 is 1.00 bits per heavy atom. The lowest BCUT2D eigenvalue weighted by Gasteiger charge is -2.21. The standard InChI is InChI=1S/C29H31Cl2N3O5/c1-4-15-38-27-21(11-8-12-26(27)37-3)18-32-34-29(36)24(16-20-9-6-5-7-10-20)33-28(35)19(2)39-25-14-13-22(30)17-23(25)31/h5-14,17-19,24H,4,15-16H2,1-3H3,(H,33,35)(H,34,36)/b32-18-/t19-,24-/m0/s1. The van der Waals surface area contributed by atoms with E-state index in [1.165, 1.54) is 12.3 Å². The monoisotopic (exact) mass is 571 g/mol. The first-order valence-electron chi connectivity index (χ1n) is 12.4. The molecule has 0 saturated carbocycles. The number of nitrogens with zero attached hydrogens (tertiary/aromatic N) is 1. The summed E-state index contributed by atoms with van der Waals surface area (Å²) >= 11 is 12.1. The highest BCUT2D eigenvalue weighted by Crippen LogP contribution is 2.30. The second kappa shape index (κ2) is 15.0. The number of carbonyl (C=O) groups is 2. The average molecular weight is 572 g/mol. The van der Waals surface area contributed by atoms with Gasteiger partial charge in [0.05, 0.1) is 25.0 Å². The molecule has 0 aliphatic rings. The van der Waals surface area contributed by atoms with Crippen LogP contribution in [0, 0.1) is 0 Å². The van der Waals surface area contributed by atoms with Gasteiger partial charge < -0.3 is 19.5 Å². The van der Waals surface area contributed by atoms with Crippen LogP contribution >= 0.6 is 23.2 Å². The maximum Gasteiger partial charge on any atom is 0.262 e. The zero-order valence-corrected chi connectivity index (χ0v) is 23.5. The van der Waals surface area contributed by atoms with Gasteiger partial charge >= 0.3 is 0 Å². The van der Waals surface area contributed by atoms with Crippen LogP contribution in [0.3, 0.4) is 0 Å². The first-order valence-corrected chi connectivity index (χ1v) is 13.2. The van der Waals surface area contributed by atoms with E-state index in [0.717, 1.165) is 12.0 Å². The molecule has 0 bridgehead atoms. The van der Waals surface area contributed by atoms with E-state index in [2.05, 4.69) is 15.8 Å². The number of hydrogen-bond acceptors (Lipinski definition) is 6. The van der Waals surface area contributed by atoms with Crippen LogP contribution in [-0.4, -0.2) is 43.9 Å². The van der Waals surface area contributed by atoms with Crippen LogP contribution in [0.25, 0.3) is 0 Å². The van der Waals surface area contributed by atoms with Gasteiger partial charge in [-0.1, -0.05) is 66.5 Å². The first-order chi connectivity index (χ1) is 18.8. The van der Waals surface area contributed by atoms with Gasteiger partial charge in [-0.3, -0.25) is 9.59 Å². The lowest BCUT2D eigenvalue weighted by Crippen LogP contribution is -2.50. The molecule has 0 fully saturated rings. The third-order valence-electron chi connectivity index (χ3n) is 5.54. The van der Waals surface area contributed by atoms with Gasteiger partial charge in [0, 0.05) is 17.0 Å². The van der Waals surface area contributed by atoms with Crippen LogP contribution in [0.4, 0.5) is 0 Å². The third-order valence-corrected chi connectivity index (χ3v) is 6.07. The van der Waals surface area contributed by atoms with Gasteiger partial charge in [-0.15, -0.1) is 0 Å². The highest BCUT2D eigenvalue weighted by molar-refractivity contribution is 6.35. The van der Waals surface area contributed by atoms with E-state index in [0.29, 0.717) is 34.4 Å². The van der Waals surface area contributed by atoms with Crippen LogP contribution in [0.5, 0.6) is 17.2 Å². The second-order valence-electron chi connectivity index (χ2n) is 8.55. The maximum absolute atomic E-state index is 13.2. The number of methoxy groups -OCH3 is 1. The molecule has 0 heterocycles. The van der Waals surface area contributed by atoms with Crippen molar-refractivity contribution in [1.82, 2.24) is 10.7 Å². The quantitative estimate of drug-likeness (QED) is 0.210. The number of halogens is 2. The van der Waals surface area contributed by atoms with Crippen LogP contribution in [-0.2, 0) is 16.0 Å². The zero-order valence-electron chi connectivity index (χ0n) is 21.9. The number of ether oxygens (including phenoxy) is 3. The highest BCUT2D eigenvalue weighted by Gasteiger charge is 2.25. The molecule has 3 aromatic carbocycles. The minimum absolute atomic E-state index is 0.242. The summed E-state index contributed by atoms with van der Waals surface area (Å²) < 4.78 is 16.9. The summed E-state index contributed by atoms with van der Waals surface area (Å²) in [6.07, 6.45) is 1.60. The van der Waals surface area contributed by atoms with Gasteiger partial charge in [0.25, 0.3) is 11.8 Å². The first kappa shape index (κ1) is 29.8.